The quantitative estimate of drug-likeness (QED) is 0.253. The van der Waals surface area contributed by atoms with Crippen molar-refractivity contribution in [2.45, 2.75) is 44.9 Å². The van der Waals surface area contributed by atoms with E-state index < -0.39 is 14.0 Å². The van der Waals surface area contributed by atoms with Crippen LogP contribution in [-0.2, 0) is 0 Å². The molecule has 0 unspecified atom stereocenters. The lowest BCUT2D eigenvalue weighted by Crippen LogP contribution is -2.18. The molecule has 170 valence electrons. The summed E-state index contributed by atoms with van der Waals surface area (Å²) in [5.41, 5.74) is 4.35. The highest BCUT2D eigenvalue weighted by molar-refractivity contribution is 6.76. The number of hydrogen-bond acceptors (Lipinski definition) is 3. The maximum absolute atomic E-state index is 11.8. The van der Waals surface area contributed by atoms with E-state index in [1.807, 2.05) is 42.5 Å². The van der Waals surface area contributed by atoms with Crippen molar-refractivity contribution >= 4 is 14.0 Å². The molecule has 4 nitrogen and oxygen atoms in total. The predicted molar refractivity (Wildman–Crippen MR) is 136 cm³/mol. The van der Waals surface area contributed by atoms with Crippen LogP contribution in [-0.4, -0.2) is 25.8 Å². The average molecular weight is 458 g/mol. The highest BCUT2D eigenvalue weighted by Crippen LogP contribution is 2.31. The Kier molecular flexibility index (Phi) is 8.08. The van der Waals surface area contributed by atoms with Gasteiger partial charge in [0.25, 0.3) is 0 Å². The number of carboxylic acids is 1. The molecule has 0 radical (unpaired) electrons. The van der Waals surface area contributed by atoms with E-state index in [0.717, 1.165) is 29.5 Å². The van der Waals surface area contributed by atoms with Crippen LogP contribution in [0, 0.1) is 11.3 Å². The van der Waals surface area contributed by atoms with Gasteiger partial charge in [-0.2, -0.15) is 5.26 Å². The van der Waals surface area contributed by atoms with Gasteiger partial charge in [0.1, 0.15) is 5.75 Å². The van der Waals surface area contributed by atoms with Gasteiger partial charge >= 0.3 is 5.97 Å². The highest BCUT2D eigenvalue weighted by Gasteiger charge is 2.14. The molecule has 5 heteroatoms. The van der Waals surface area contributed by atoms with Crippen molar-refractivity contribution in [1.82, 2.24) is 0 Å². The third kappa shape index (κ3) is 7.06. The van der Waals surface area contributed by atoms with Crippen molar-refractivity contribution in [3.8, 4) is 34.1 Å². The molecule has 3 rings (SSSR count). The Morgan fingerprint density at radius 3 is 2.06 bits per heavy atom. The molecule has 0 fully saturated rings. The topological polar surface area (TPSA) is 70.3 Å². The van der Waals surface area contributed by atoms with Crippen LogP contribution in [0.4, 0.5) is 0 Å². The second-order valence-electron chi connectivity index (χ2n) is 9.50. The van der Waals surface area contributed by atoms with Crippen LogP contribution in [0.25, 0.3) is 22.3 Å². The fourth-order valence-corrected chi connectivity index (χ4v) is 5.05. The first-order valence-electron chi connectivity index (χ1n) is 11.4. The zero-order valence-corrected chi connectivity index (χ0v) is 20.6. The van der Waals surface area contributed by atoms with Gasteiger partial charge < -0.3 is 9.84 Å². The summed E-state index contributed by atoms with van der Waals surface area (Å²) in [6.45, 7) is 7.82. The number of ether oxygens (including phenoxy) is 1. The van der Waals surface area contributed by atoms with Gasteiger partial charge in [0.15, 0.2) is 0 Å². The number of carbonyl (C=O) groups is 1. The van der Waals surface area contributed by atoms with Crippen molar-refractivity contribution in [3.05, 3.63) is 77.9 Å². The van der Waals surface area contributed by atoms with Crippen LogP contribution in [0.15, 0.2) is 66.7 Å². The number of unbranched alkanes of at least 4 members (excludes halogenated alkanes) is 2. The summed E-state index contributed by atoms with van der Waals surface area (Å²) in [5, 5.41) is 18.6. The first-order chi connectivity index (χ1) is 15.8. The van der Waals surface area contributed by atoms with Crippen LogP contribution >= 0.6 is 0 Å². The number of nitrogens with zero attached hydrogens (tertiary/aromatic N) is 1. The maximum Gasteiger partial charge on any atom is 0.336 e. The lowest BCUT2D eigenvalue weighted by Gasteiger charge is -2.15. The summed E-state index contributed by atoms with van der Waals surface area (Å²) in [4.78, 5) is 11.8. The summed E-state index contributed by atoms with van der Waals surface area (Å²) in [7, 11) is -0.983. The second kappa shape index (κ2) is 11.0. The Labute approximate surface area is 197 Å². The molecule has 0 saturated carbocycles. The highest BCUT2D eigenvalue weighted by atomic mass is 28.3. The maximum atomic E-state index is 11.8. The van der Waals surface area contributed by atoms with E-state index in [0.29, 0.717) is 23.5 Å². The molecule has 0 spiro atoms. The lowest BCUT2D eigenvalue weighted by atomic mass is 9.96. The molecule has 0 aliphatic heterocycles. The number of hydrogen-bond donors (Lipinski definition) is 1. The Morgan fingerprint density at radius 1 is 0.879 bits per heavy atom. The van der Waals surface area contributed by atoms with Gasteiger partial charge in [0.05, 0.1) is 23.8 Å². The number of benzene rings is 3. The molecule has 3 aromatic carbocycles. The van der Waals surface area contributed by atoms with Crippen molar-refractivity contribution in [2.24, 2.45) is 0 Å². The predicted octanol–water partition coefficient (Wildman–Crippen LogP) is 7.48. The molecule has 0 aromatic heterocycles. The molecular formula is C28H31NO3Si. The summed E-state index contributed by atoms with van der Waals surface area (Å²) in [5.74, 6) is -0.268. The molecule has 0 heterocycles. The summed E-state index contributed by atoms with van der Waals surface area (Å²) in [6.07, 6.45) is 3.40. The third-order valence-corrected chi connectivity index (χ3v) is 7.46. The molecule has 0 bridgehead atoms. The van der Waals surface area contributed by atoms with Crippen LogP contribution in [0.1, 0.15) is 35.2 Å². The van der Waals surface area contributed by atoms with E-state index >= 15 is 0 Å². The molecule has 0 saturated heterocycles. The SMILES string of the molecule is C[Si](C)(C)CCCCCOc1ccc(C(=O)O)c(-c2ccc(-c3ccc(C#N)cc3)cc2)c1. The monoisotopic (exact) mass is 457 g/mol. The zero-order valence-electron chi connectivity index (χ0n) is 19.6. The number of aromatic carboxylic acids is 1. The Bertz CT molecular complexity index is 1120. The van der Waals surface area contributed by atoms with E-state index in [2.05, 4.69) is 25.7 Å². The van der Waals surface area contributed by atoms with Gasteiger partial charge in [0.2, 0.25) is 0 Å². The normalized spacial score (nSPS) is 11.1. The van der Waals surface area contributed by atoms with Gasteiger partial charge in [-0.05, 0) is 59.0 Å². The lowest BCUT2D eigenvalue weighted by molar-refractivity contribution is 0.0697. The number of carboxylic acid groups (broad SMARTS) is 1. The van der Waals surface area contributed by atoms with Crippen molar-refractivity contribution in [1.29, 1.82) is 5.26 Å². The molecule has 0 aliphatic rings. The molecule has 0 aliphatic carbocycles. The average Bonchev–Trinajstić information content (AvgIpc) is 2.80. The summed E-state index contributed by atoms with van der Waals surface area (Å²) in [6, 6.07) is 23.8. The molecule has 0 amide bonds. The minimum Gasteiger partial charge on any atom is -0.494 e. The van der Waals surface area contributed by atoms with E-state index in [1.54, 1.807) is 24.3 Å². The molecular weight excluding hydrogens is 426 g/mol. The van der Waals surface area contributed by atoms with Gasteiger partial charge in [-0.25, -0.2) is 4.79 Å². The van der Waals surface area contributed by atoms with Crippen molar-refractivity contribution < 1.29 is 14.6 Å². The zero-order chi connectivity index (χ0) is 23.8. The summed E-state index contributed by atoms with van der Waals surface area (Å²) >= 11 is 0. The Balaban J connectivity index is 1.71. The Morgan fingerprint density at radius 2 is 1.48 bits per heavy atom. The van der Waals surface area contributed by atoms with Crippen LogP contribution in [0.3, 0.4) is 0 Å². The minimum atomic E-state index is -0.983. The largest absolute Gasteiger partial charge is 0.494 e. The standard InChI is InChI=1S/C28H31NO3Si/c1-33(2,3)18-6-4-5-17-32-25-15-16-26(28(30)31)27(19-25)24-13-11-23(12-14-24)22-9-7-21(20-29)8-10-22/h7-16,19H,4-6,17-18H2,1-3H3,(H,30,31). The molecule has 0 atom stereocenters. The fourth-order valence-electron chi connectivity index (χ4n) is 3.74. The van der Waals surface area contributed by atoms with E-state index in [9.17, 15) is 9.90 Å². The summed E-state index contributed by atoms with van der Waals surface area (Å²) < 4.78 is 5.94. The smallest absolute Gasteiger partial charge is 0.336 e. The van der Waals surface area contributed by atoms with Gasteiger partial charge in [-0.1, -0.05) is 74.9 Å². The van der Waals surface area contributed by atoms with Crippen LogP contribution in [0.2, 0.25) is 25.7 Å². The van der Waals surface area contributed by atoms with Crippen LogP contribution in [0.5, 0.6) is 5.75 Å². The first-order valence-corrected chi connectivity index (χ1v) is 15.1. The van der Waals surface area contributed by atoms with Crippen LogP contribution < -0.4 is 4.74 Å². The molecule has 33 heavy (non-hydrogen) atoms. The first kappa shape index (κ1) is 24.3. The van der Waals surface area contributed by atoms with E-state index in [-0.39, 0.29) is 5.56 Å². The minimum absolute atomic E-state index is 0.253. The van der Waals surface area contributed by atoms with Crippen molar-refractivity contribution in [3.63, 3.8) is 0 Å². The molecule has 1 N–H and O–H groups in total. The second-order valence-corrected chi connectivity index (χ2v) is 15.1. The van der Waals surface area contributed by atoms with E-state index in [1.165, 1.54) is 12.5 Å². The Hall–Kier alpha value is -3.36. The fraction of sp³-hybridized carbons (Fsp3) is 0.286. The van der Waals surface area contributed by atoms with Gasteiger partial charge in [0, 0.05) is 8.07 Å². The van der Waals surface area contributed by atoms with E-state index in [4.69, 9.17) is 10.00 Å². The number of rotatable bonds is 10. The molecule has 3 aromatic rings. The van der Waals surface area contributed by atoms with Gasteiger partial charge in [-0.15, -0.1) is 0 Å². The van der Waals surface area contributed by atoms with Gasteiger partial charge in [-0.3, -0.25) is 0 Å². The number of nitriles is 1. The third-order valence-electron chi connectivity index (χ3n) is 5.60. The van der Waals surface area contributed by atoms with Crippen molar-refractivity contribution in [2.75, 3.05) is 6.61 Å².